The predicted molar refractivity (Wildman–Crippen MR) is 81.9 cm³/mol. The molecule has 108 valence electrons. The Kier molecular flexibility index (Phi) is 4.39. The van der Waals surface area contributed by atoms with Crippen LogP contribution in [-0.4, -0.2) is 11.0 Å². The zero-order valence-electron chi connectivity index (χ0n) is 11.1. The maximum Gasteiger partial charge on any atom is 0.323 e. The van der Waals surface area contributed by atoms with Crippen LogP contribution >= 0.6 is 11.6 Å². The first kappa shape index (κ1) is 14.8. The lowest BCUT2D eigenvalue weighted by Gasteiger charge is -2.10. The Hall–Kier alpha value is -2.60. The Morgan fingerprint density at radius 3 is 2.48 bits per heavy atom. The summed E-state index contributed by atoms with van der Waals surface area (Å²) in [6.45, 7) is 1.70. The van der Waals surface area contributed by atoms with Crippen molar-refractivity contribution in [2.24, 2.45) is 0 Å². The van der Waals surface area contributed by atoms with Crippen LogP contribution in [0.3, 0.4) is 0 Å². The predicted octanol–water partition coefficient (Wildman–Crippen LogP) is 4.20. The largest absolute Gasteiger partial charge is 0.323 e. The Balaban J connectivity index is 2.17. The number of urea groups is 1. The number of nitro benzene ring substituents is 1. The molecule has 0 fully saturated rings. The van der Waals surface area contributed by atoms with Crippen molar-refractivity contribution in [2.45, 2.75) is 6.92 Å². The molecule has 2 amide bonds. The van der Waals surface area contributed by atoms with E-state index < -0.39 is 11.0 Å². The van der Waals surface area contributed by atoms with Gasteiger partial charge >= 0.3 is 6.03 Å². The molecule has 0 aliphatic rings. The van der Waals surface area contributed by atoms with E-state index in [1.807, 2.05) is 6.07 Å². The van der Waals surface area contributed by atoms with Crippen LogP contribution in [-0.2, 0) is 0 Å². The van der Waals surface area contributed by atoms with Gasteiger partial charge in [0.2, 0.25) is 0 Å². The number of rotatable bonds is 3. The molecule has 2 rings (SSSR count). The number of hydrogen-bond donors (Lipinski definition) is 2. The molecule has 6 nitrogen and oxygen atoms in total. The SMILES string of the molecule is Cc1cc(Cl)c([N+](=O)[O-])cc1NC(=O)Nc1ccccc1. The number of carbonyl (C=O) groups excluding carboxylic acids is 1. The van der Waals surface area contributed by atoms with E-state index in [1.54, 1.807) is 31.2 Å². The van der Waals surface area contributed by atoms with E-state index in [0.717, 1.165) is 0 Å². The van der Waals surface area contributed by atoms with Gasteiger partial charge in [-0.05, 0) is 30.7 Å². The molecule has 2 aromatic carbocycles. The van der Waals surface area contributed by atoms with E-state index >= 15 is 0 Å². The number of halogens is 1. The third-order valence-electron chi connectivity index (χ3n) is 2.77. The summed E-state index contributed by atoms with van der Waals surface area (Å²) in [6, 6.07) is 11.1. The van der Waals surface area contributed by atoms with Gasteiger partial charge in [-0.2, -0.15) is 0 Å². The fourth-order valence-corrected chi connectivity index (χ4v) is 2.03. The van der Waals surface area contributed by atoms with Gasteiger partial charge in [0.1, 0.15) is 5.02 Å². The molecule has 0 aliphatic heterocycles. The fraction of sp³-hybridized carbons (Fsp3) is 0.0714. The van der Waals surface area contributed by atoms with Gasteiger partial charge in [-0.3, -0.25) is 10.1 Å². The number of benzene rings is 2. The summed E-state index contributed by atoms with van der Waals surface area (Å²) < 4.78 is 0. The number of hydrogen-bond acceptors (Lipinski definition) is 3. The minimum Gasteiger partial charge on any atom is -0.308 e. The van der Waals surface area contributed by atoms with Crippen LogP contribution < -0.4 is 10.6 Å². The van der Waals surface area contributed by atoms with Gasteiger partial charge in [0.05, 0.1) is 10.6 Å². The zero-order valence-corrected chi connectivity index (χ0v) is 11.8. The number of nitrogens with zero attached hydrogens (tertiary/aromatic N) is 1. The molecule has 0 radical (unpaired) electrons. The van der Waals surface area contributed by atoms with Gasteiger partial charge in [0, 0.05) is 11.8 Å². The Labute approximate surface area is 125 Å². The van der Waals surface area contributed by atoms with Crippen molar-refractivity contribution >= 4 is 34.7 Å². The first-order chi connectivity index (χ1) is 9.97. The Bertz CT molecular complexity index is 689. The average Bonchev–Trinajstić information content (AvgIpc) is 2.42. The van der Waals surface area contributed by atoms with Crippen LogP contribution in [0.15, 0.2) is 42.5 Å². The fourth-order valence-electron chi connectivity index (χ4n) is 1.74. The number of carbonyl (C=O) groups is 1. The second-order valence-electron chi connectivity index (χ2n) is 4.32. The molecular formula is C14H12ClN3O3. The lowest BCUT2D eigenvalue weighted by Crippen LogP contribution is -2.20. The van der Waals surface area contributed by atoms with Gasteiger partial charge in [-0.25, -0.2) is 4.79 Å². The van der Waals surface area contributed by atoms with E-state index in [4.69, 9.17) is 11.6 Å². The van der Waals surface area contributed by atoms with Crippen LogP contribution in [0.4, 0.5) is 21.9 Å². The first-order valence-corrected chi connectivity index (χ1v) is 6.43. The maximum absolute atomic E-state index is 11.9. The van der Waals surface area contributed by atoms with E-state index in [2.05, 4.69) is 10.6 Å². The summed E-state index contributed by atoms with van der Waals surface area (Å²) in [5.41, 5.74) is 1.33. The van der Waals surface area contributed by atoms with Crippen molar-refractivity contribution < 1.29 is 9.72 Å². The van der Waals surface area contributed by atoms with Crippen molar-refractivity contribution in [3.8, 4) is 0 Å². The number of nitrogens with one attached hydrogen (secondary N) is 2. The molecular weight excluding hydrogens is 294 g/mol. The second-order valence-corrected chi connectivity index (χ2v) is 4.73. The molecule has 7 heteroatoms. The zero-order chi connectivity index (χ0) is 15.4. The van der Waals surface area contributed by atoms with E-state index in [9.17, 15) is 14.9 Å². The minimum absolute atomic E-state index is 0.0338. The molecule has 0 aliphatic carbocycles. The molecule has 0 atom stereocenters. The number of nitro groups is 1. The van der Waals surface area contributed by atoms with Crippen LogP contribution in [0, 0.1) is 17.0 Å². The Morgan fingerprint density at radius 1 is 1.19 bits per heavy atom. The van der Waals surface area contributed by atoms with Gasteiger partial charge in [0.15, 0.2) is 0 Å². The normalized spacial score (nSPS) is 10.0. The standard InChI is InChI=1S/C14H12ClN3O3/c1-9-7-11(15)13(18(20)21)8-12(9)17-14(19)16-10-5-3-2-4-6-10/h2-8H,1H3,(H2,16,17,19). The average molecular weight is 306 g/mol. The molecule has 0 heterocycles. The molecule has 2 N–H and O–H groups in total. The maximum atomic E-state index is 11.9. The number of aryl methyl sites for hydroxylation is 1. The van der Waals surface area contributed by atoms with Crippen molar-refractivity contribution in [1.82, 2.24) is 0 Å². The topological polar surface area (TPSA) is 84.3 Å². The number of para-hydroxylation sites is 1. The smallest absolute Gasteiger partial charge is 0.308 e. The summed E-state index contributed by atoms with van der Waals surface area (Å²) in [6.07, 6.45) is 0. The van der Waals surface area contributed by atoms with Crippen molar-refractivity contribution in [3.63, 3.8) is 0 Å². The molecule has 2 aromatic rings. The molecule has 0 aromatic heterocycles. The Morgan fingerprint density at radius 2 is 1.86 bits per heavy atom. The number of anilines is 2. The lowest BCUT2D eigenvalue weighted by atomic mass is 10.2. The number of amides is 2. The molecule has 0 saturated heterocycles. The summed E-state index contributed by atoms with van der Waals surface area (Å²) in [5, 5.41) is 16.1. The minimum atomic E-state index is -0.595. The highest BCUT2D eigenvalue weighted by atomic mass is 35.5. The molecule has 0 unspecified atom stereocenters. The monoisotopic (exact) mass is 305 g/mol. The third-order valence-corrected chi connectivity index (χ3v) is 3.07. The van der Waals surface area contributed by atoms with Crippen LogP contribution in [0.25, 0.3) is 0 Å². The summed E-state index contributed by atoms with van der Waals surface area (Å²) >= 11 is 5.79. The quantitative estimate of drug-likeness (QED) is 0.658. The summed E-state index contributed by atoms with van der Waals surface area (Å²) in [5.74, 6) is 0. The summed E-state index contributed by atoms with van der Waals surface area (Å²) in [4.78, 5) is 22.1. The first-order valence-electron chi connectivity index (χ1n) is 6.05. The van der Waals surface area contributed by atoms with E-state index in [-0.39, 0.29) is 10.7 Å². The van der Waals surface area contributed by atoms with Crippen LogP contribution in [0.2, 0.25) is 5.02 Å². The van der Waals surface area contributed by atoms with Crippen LogP contribution in [0.1, 0.15) is 5.56 Å². The van der Waals surface area contributed by atoms with Crippen LogP contribution in [0.5, 0.6) is 0 Å². The molecule has 0 saturated carbocycles. The van der Waals surface area contributed by atoms with Crippen molar-refractivity contribution in [3.05, 3.63) is 63.2 Å². The third kappa shape index (κ3) is 3.70. The molecule has 21 heavy (non-hydrogen) atoms. The molecule has 0 spiro atoms. The highest BCUT2D eigenvalue weighted by molar-refractivity contribution is 6.32. The summed E-state index contributed by atoms with van der Waals surface area (Å²) in [7, 11) is 0. The van der Waals surface area contributed by atoms with Gasteiger partial charge in [-0.1, -0.05) is 29.8 Å². The van der Waals surface area contributed by atoms with E-state index in [0.29, 0.717) is 16.9 Å². The van der Waals surface area contributed by atoms with Crippen molar-refractivity contribution in [1.29, 1.82) is 0 Å². The highest BCUT2D eigenvalue weighted by Gasteiger charge is 2.16. The molecule has 0 bridgehead atoms. The van der Waals surface area contributed by atoms with E-state index in [1.165, 1.54) is 12.1 Å². The van der Waals surface area contributed by atoms with Gasteiger partial charge in [-0.15, -0.1) is 0 Å². The van der Waals surface area contributed by atoms with Gasteiger partial charge < -0.3 is 10.6 Å². The second kappa shape index (κ2) is 6.23. The van der Waals surface area contributed by atoms with Crippen molar-refractivity contribution in [2.75, 3.05) is 10.6 Å². The van der Waals surface area contributed by atoms with Gasteiger partial charge in [0.25, 0.3) is 5.69 Å². The highest BCUT2D eigenvalue weighted by Crippen LogP contribution is 2.30. The lowest BCUT2D eigenvalue weighted by molar-refractivity contribution is -0.384.